The lowest BCUT2D eigenvalue weighted by atomic mass is 9.94. The molecule has 0 aliphatic carbocycles. The Kier molecular flexibility index (Phi) is 5.93. The van der Waals surface area contributed by atoms with Gasteiger partial charge >= 0.3 is 0 Å². The lowest BCUT2D eigenvalue weighted by Crippen LogP contribution is -2.44. The molecule has 1 amide bonds. The molecule has 0 aromatic rings. The fourth-order valence-corrected chi connectivity index (χ4v) is 3.71. The van der Waals surface area contributed by atoms with Gasteiger partial charge in [0.1, 0.15) is 0 Å². The zero-order chi connectivity index (χ0) is 13.8. The monoisotopic (exact) mass is 378 g/mol. The smallest absolute Gasteiger partial charge is 0.225 e. The number of rotatable bonds is 3. The van der Waals surface area contributed by atoms with Gasteiger partial charge in [0.15, 0.2) is 0 Å². The van der Waals surface area contributed by atoms with E-state index in [-0.39, 0.29) is 5.92 Å². The first-order valence-corrected chi connectivity index (χ1v) is 8.96. The fourth-order valence-electron chi connectivity index (χ4n) is 3.15. The van der Waals surface area contributed by atoms with E-state index < -0.39 is 0 Å². The maximum atomic E-state index is 11.9. The normalized spacial score (nSPS) is 24.1. The van der Waals surface area contributed by atoms with Gasteiger partial charge in [-0.25, -0.2) is 0 Å². The van der Waals surface area contributed by atoms with Crippen LogP contribution in [0.3, 0.4) is 0 Å². The molecule has 2 rings (SSSR count). The molecule has 2 fully saturated rings. The molecule has 3 nitrogen and oxygen atoms in total. The largest absolute Gasteiger partial charge is 0.342 e. The molecule has 0 aromatic heterocycles. The summed E-state index contributed by atoms with van der Waals surface area (Å²) in [6.07, 6.45) is 5.10. The van der Waals surface area contributed by atoms with Gasteiger partial charge in [-0.1, -0.05) is 36.4 Å². The molecule has 0 unspecified atom stereocenters. The third-order valence-electron chi connectivity index (χ3n) is 4.45. The average molecular weight is 378 g/mol. The summed E-state index contributed by atoms with van der Waals surface area (Å²) in [5.41, 5.74) is 0. The first kappa shape index (κ1) is 15.5. The molecule has 0 saturated carbocycles. The predicted octanol–water partition coefficient (Wildman–Crippen LogP) is 2.78. The van der Waals surface area contributed by atoms with Crippen LogP contribution in [0.2, 0.25) is 0 Å². The minimum atomic E-state index is 0.152. The Morgan fingerprint density at radius 1 is 1.11 bits per heavy atom. The maximum Gasteiger partial charge on any atom is 0.225 e. The second kappa shape index (κ2) is 7.25. The highest BCUT2D eigenvalue weighted by Crippen LogP contribution is 2.23. The zero-order valence-corrected chi connectivity index (χ0v) is 14.4. The van der Waals surface area contributed by atoms with E-state index in [0.717, 1.165) is 22.9 Å². The van der Waals surface area contributed by atoms with E-state index in [1.165, 1.54) is 45.3 Å². The number of carbonyl (C=O) groups is 1. The van der Waals surface area contributed by atoms with Crippen LogP contribution in [0.4, 0.5) is 0 Å². The molecule has 0 N–H and O–H groups in total. The summed E-state index contributed by atoms with van der Waals surface area (Å²) in [5, 5.41) is 0. The highest BCUT2D eigenvalue weighted by Gasteiger charge is 2.26. The predicted molar refractivity (Wildman–Crippen MR) is 87.6 cm³/mol. The van der Waals surface area contributed by atoms with Crippen LogP contribution in [0, 0.1) is 11.8 Å². The molecule has 2 aliphatic rings. The van der Waals surface area contributed by atoms with E-state index in [2.05, 4.69) is 32.4 Å². The molecular formula is C15H27IN2O. The fraction of sp³-hybridized carbons (Fsp3) is 0.933. The van der Waals surface area contributed by atoms with E-state index in [1.54, 1.807) is 0 Å². The topological polar surface area (TPSA) is 23.6 Å². The van der Waals surface area contributed by atoms with E-state index in [4.69, 9.17) is 0 Å². The number of hydrogen-bond donors (Lipinski definition) is 0. The number of amides is 1. The Bertz CT molecular complexity index is 293. The zero-order valence-electron chi connectivity index (χ0n) is 12.3. The van der Waals surface area contributed by atoms with Gasteiger partial charge in [0.25, 0.3) is 0 Å². The maximum absolute atomic E-state index is 11.9. The highest BCUT2D eigenvalue weighted by atomic mass is 127. The van der Waals surface area contributed by atoms with Crippen LogP contribution in [0.5, 0.6) is 0 Å². The van der Waals surface area contributed by atoms with E-state index in [9.17, 15) is 4.79 Å². The minimum absolute atomic E-state index is 0.152. The Hall–Kier alpha value is 0.160. The third-order valence-corrected chi connectivity index (χ3v) is 5.70. The van der Waals surface area contributed by atoms with Crippen LogP contribution < -0.4 is 0 Å². The van der Waals surface area contributed by atoms with Crippen molar-refractivity contribution in [2.75, 3.05) is 32.7 Å². The number of carbonyl (C=O) groups excluding carboxylic acids is 1. The lowest BCUT2D eigenvalue weighted by Gasteiger charge is -2.37. The molecule has 2 saturated heterocycles. The van der Waals surface area contributed by atoms with Crippen LogP contribution in [0.1, 0.15) is 39.5 Å². The van der Waals surface area contributed by atoms with Crippen molar-refractivity contribution in [2.45, 2.75) is 43.5 Å². The first-order valence-electron chi connectivity index (χ1n) is 7.71. The number of halogens is 1. The van der Waals surface area contributed by atoms with Crippen molar-refractivity contribution in [1.29, 1.82) is 0 Å². The number of likely N-dealkylation sites (tertiary alicyclic amines) is 2. The molecular weight excluding hydrogens is 351 g/mol. The molecule has 0 bridgehead atoms. The number of alkyl halides is 1. The quantitative estimate of drug-likeness (QED) is 0.557. The van der Waals surface area contributed by atoms with Gasteiger partial charge in [0.05, 0.1) is 0 Å². The van der Waals surface area contributed by atoms with Crippen LogP contribution >= 0.6 is 22.6 Å². The summed E-state index contributed by atoms with van der Waals surface area (Å²) < 4.78 is 0.888. The first-order chi connectivity index (χ1) is 9.06. The van der Waals surface area contributed by atoms with Gasteiger partial charge in [0.2, 0.25) is 5.91 Å². The van der Waals surface area contributed by atoms with Gasteiger partial charge < -0.3 is 9.80 Å². The minimum Gasteiger partial charge on any atom is -0.342 e. The summed E-state index contributed by atoms with van der Waals surface area (Å²) in [7, 11) is 0. The van der Waals surface area contributed by atoms with Crippen molar-refractivity contribution in [1.82, 2.24) is 9.80 Å². The Morgan fingerprint density at radius 2 is 1.68 bits per heavy atom. The van der Waals surface area contributed by atoms with Gasteiger partial charge in [-0.15, -0.1) is 0 Å². The second-order valence-electron chi connectivity index (χ2n) is 6.40. The standard InChI is InChI=1S/C15H27IN2O/c1-12(2)15(19)18-9-3-13(4-10-18)11-17-7-5-14(16)6-8-17/h12-14H,3-11H2,1-2H3. The van der Waals surface area contributed by atoms with Crippen molar-refractivity contribution in [3.05, 3.63) is 0 Å². The van der Waals surface area contributed by atoms with Gasteiger partial charge in [-0.2, -0.15) is 0 Å². The Balaban J connectivity index is 1.70. The van der Waals surface area contributed by atoms with Crippen LogP contribution in [0.15, 0.2) is 0 Å². The molecule has 4 heteroatoms. The number of hydrogen-bond acceptors (Lipinski definition) is 2. The summed E-state index contributed by atoms with van der Waals surface area (Å²) in [6, 6.07) is 0. The molecule has 2 heterocycles. The van der Waals surface area contributed by atoms with E-state index in [0.29, 0.717) is 5.91 Å². The van der Waals surface area contributed by atoms with Gasteiger partial charge in [-0.05, 0) is 44.7 Å². The lowest BCUT2D eigenvalue weighted by molar-refractivity contribution is -0.135. The van der Waals surface area contributed by atoms with Crippen LogP contribution in [-0.4, -0.2) is 52.4 Å². The number of nitrogens with zero attached hydrogens (tertiary/aromatic N) is 2. The van der Waals surface area contributed by atoms with Crippen molar-refractivity contribution >= 4 is 28.5 Å². The van der Waals surface area contributed by atoms with Crippen molar-refractivity contribution in [3.8, 4) is 0 Å². The van der Waals surface area contributed by atoms with E-state index >= 15 is 0 Å². The van der Waals surface area contributed by atoms with Crippen molar-refractivity contribution in [3.63, 3.8) is 0 Å². The molecule has 0 spiro atoms. The molecule has 0 aromatic carbocycles. The third kappa shape index (κ3) is 4.59. The van der Waals surface area contributed by atoms with E-state index in [1.807, 2.05) is 13.8 Å². The molecule has 110 valence electrons. The van der Waals surface area contributed by atoms with Crippen LogP contribution in [0.25, 0.3) is 0 Å². The molecule has 0 radical (unpaired) electrons. The number of piperidine rings is 2. The summed E-state index contributed by atoms with van der Waals surface area (Å²) in [5.74, 6) is 1.30. The summed E-state index contributed by atoms with van der Waals surface area (Å²) in [6.45, 7) is 9.77. The van der Waals surface area contributed by atoms with Gasteiger partial charge in [-0.3, -0.25) is 4.79 Å². The SMILES string of the molecule is CC(C)C(=O)N1CCC(CN2CCC(I)CC2)CC1. The Labute approximate surface area is 131 Å². The average Bonchev–Trinajstić information content (AvgIpc) is 2.41. The molecule has 0 atom stereocenters. The second-order valence-corrected chi connectivity index (χ2v) is 8.16. The molecule has 2 aliphatic heterocycles. The highest BCUT2D eigenvalue weighted by molar-refractivity contribution is 14.1. The van der Waals surface area contributed by atoms with Crippen molar-refractivity contribution < 1.29 is 4.79 Å². The summed E-state index contributed by atoms with van der Waals surface area (Å²) in [4.78, 5) is 16.7. The van der Waals surface area contributed by atoms with Crippen LogP contribution in [-0.2, 0) is 4.79 Å². The summed E-state index contributed by atoms with van der Waals surface area (Å²) >= 11 is 2.58. The molecule has 19 heavy (non-hydrogen) atoms. The van der Waals surface area contributed by atoms with Gasteiger partial charge in [0, 0.05) is 29.5 Å². The van der Waals surface area contributed by atoms with Crippen molar-refractivity contribution in [2.24, 2.45) is 11.8 Å². The Morgan fingerprint density at radius 3 is 2.21 bits per heavy atom.